The van der Waals surface area contributed by atoms with Gasteiger partial charge in [0.15, 0.2) is 0 Å². The number of hydrogen-bond donors (Lipinski definition) is 5. The van der Waals surface area contributed by atoms with E-state index in [1.165, 1.54) is 0 Å². The summed E-state index contributed by atoms with van der Waals surface area (Å²) in [5.74, 6) is -0.893. The van der Waals surface area contributed by atoms with Crippen molar-refractivity contribution in [3.05, 3.63) is 24.3 Å². The molecule has 1 atom stereocenters. The first-order valence-electron chi connectivity index (χ1n) is 8.56. The SMILES string of the molecule is O=C(O)CCCNC(=O)Nc1ccc(NC(=O)NCC2CCCO2)cc1. The molecule has 1 saturated heterocycles. The molecule has 1 aromatic rings. The molecule has 1 heterocycles. The van der Waals surface area contributed by atoms with Crippen LogP contribution in [-0.2, 0) is 9.53 Å². The molecule has 1 unspecified atom stereocenters. The van der Waals surface area contributed by atoms with Crippen LogP contribution in [0.3, 0.4) is 0 Å². The van der Waals surface area contributed by atoms with E-state index in [0.29, 0.717) is 24.3 Å². The van der Waals surface area contributed by atoms with Crippen molar-refractivity contribution in [2.45, 2.75) is 31.8 Å². The summed E-state index contributed by atoms with van der Waals surface area (Å²) in [7, 11) is 0. The van der Waals surface area contributed by atoms with Gasteiger partial charge >= 0.3 is 18.0 Å². The average Bonchev–Trinajstić information content (AvgIpc) is 3.12. The van der Waals surface area contributed by atoms with Crippen molar-refractivity contribution in [2.24, 2.45) is 0 Å². The van der Waals surface area contributed by atoms with Crippen LogP contribution in [0.25, 0.3) is 0 Å². The number of anilines is 2. The summed E-state index contributed by atoms with van der Waals surface area (Å²) in [6.07, 6.45) is 2.44. The van der Waals surface area contributed by atoms with E-state index in [1.54, 1.807) is 24.3 Å². The molecule has 1 aromatic carbocycles. The topological polar surface area (TPSA) is 129 Å². The Morgan fingerprint density at radius 3 is 2.19 bits per heavy atom. The zero-order valence-corrected chi connectivity index (χ0v) is 14.4. The molecule has 0 aliphatic carbocycles. The van der Waals surface area contributed by atoms with Gasteiger partial charge < -0.3 is 31.1 Å². The highest BCUT2D eigenvalue weighted by Gasteiger charge is 2.16. The highest BCUT2D eigenvalue weighted by Crippen LogP contribution is 2.14. The van der Waals surface area contributed by atoms with Gasteiger partial charge in [0.05, 0.1) is 6.10 Å². The van der Waals surface area contributed by atoms with Gasteiger partial charge in [-0.15, -0.1) is 0 Å². The fraction of sp³-hybridized carbons (Fsp3) is 0.471. The molecule has 1 fully saturated rings. The molecule has 0 radical (unpaired) electrons. The zero-order valence-electron chi connectivity index (χ0n) is 14.4. The van der Waals surface area contributed by atoms with Gasteiger partial charge in [0.2, 0.25) is 0 Å². The molecule has 5 N–H and O–H groups in total. The van der Waals surface area contributed by atoms with Gasteiger partial charge in [-0.3, -0.25) is 4.79 Å². The number of carbonyl (C=O) groups is 3. The molecule has 9 nitrogen and oxygen atoms in total. The second-order valence-corrected chi connectivity index (χ2v) is 5.93. The van der Waals surface area contributed by atoms with Gasteiger partial charge in [0, 0.05) is 37.5 Å². The highest BCUT2D eigenvalue weighted by atomic mass is 16.5. The number of ether oxygens (including phenoxy) is 1. The van der Waals surface area contributed by atoms with Crippen LogP contribution in [0.15, 0.2) is 24.3 Å². The minimum Gasteiger partial charge on any atom is -0.481 e. The highest BCUT2D eigenvalue weighted by molar-refractivity contribution is 5.91. The summed E-state index contributed by atoms with van der Waals surface area (Å²) in [5, 5.41) is 19.2. The van der Waals surface area contributed by atoms with E-state index in [2.05, 4.69) is 21.3 Å². The number of aliphatic carboxylic acids is 1. The Bertz CT molecular complexity index is 614. The van der Waals surface area contributed by atoms with Crippen LogP contribution in [0.2, 0.25) is 0 Å². The van der Waals surface area contributed by atoms with Crippen LogP contribution < -0.4 is 21.3 Å². The van der Waals surface area contributed by atoms with Crippen LogP contribution in [0.4, 0.5) is 21.0 Å². The lowest BCUT2D eigenvalue weighted by molar-refractivity contribution is -0.137. The molecule has 26 heavy (non-hydrogen) atoms. The standard InChI is InChI=1S/C17H24N4O5/c22-15(23)4-1-9-18-16(24)20-12-5-7-13(8-6-12)21-17(25)19-11-14-3-2-10-26-14/h5-8,14H,1-4,9-11H2,(H,22,23)(H2,18,20,24)(H2,19,21,25). The van der Waals surface area contributed by atoms with E-state index in [-0.39, 0.29) is 25.1 Å². The Morgan fingerprint density at radius 1 is 1.04 bits per heavy atom. The van der Waals surface area contributed by atoms with Crippen molar-refractivity contribution in [3.8, 4) is 0 Å². The van der Waals surface area contributed by atoms with Gasteiger partial charge in [-0.1, -0.05) is 0 Å². The fourth-order valence-corrected chi connectivity index (χ4v) is 2.44. The Balaban J connectivity index is 1.67. The van der Waals surface area contributed by atoms with Gasteiger partial charge in [-0.2, -0.15) is 0 Å². The van der Waals surface area contributed by atoms with Gasteiger partial charge in [-0.05, 0) is 43.5 Å². The first-order chi connectivity index (χ1) is 12.5. The minimum atomic E-state index is -0.893. The van der Waals surface area contributed by atoms with Crippen LogP contribution in [-0.4, -0.2) is 48.9 Å². The summed E-state index contributed by atoms with van der Waals surface area (Å²) in [6.45, 7) is 1.51. The second-order valence-electron chi connectivity index (χ2n) is 5.93. The zero-order chi connectivity index (χ0) is 18.8. The quantitative estimate of drug-likeness (QED) is 0.451. The third-order valence-corrected chi connectivity index (χ3v) is 3.77. The van der Waals surface area contributed by atoms with Crippen LogP contribution in [0.1, 0.15) is 25.7 Å². The number of carboxylic acids is 1. The van der Waals surface area contributed by atoms with Crippen LogP contribution in [0, 0.1) is 0 Å². The van der Waals surface area contributed by atoms with Gasteiger partial charge in [0.25, 0.3) is 0 Å². The molecule has 0 aromatic heterocycles. The van der Waals surface area contributed by atoms with E-state index in [1.807, 2.05) is 0 Å². The van der Waals surface area contributed by atoms with Gasteiger partial charge in [0.1, 0.15) is 0 Å². The maximum absolute atomic E-state index is 11.8. The maximum Gasteiger partial charge on any atom is 0.319 e. The van der Waals surface area contributed by atoms with Crippen molar-refractivity contribution in [2.75, 3.05) is 30.3 Å². The largest absolute Gasteiger partial charge is 0.481 e. The molecular weight excluding hydrogens is 340 g/mol. The molecule has 1 aliphatic rings. The number of benzene rings is 1. The average molecular weight is 364 g/mol. The molecule has 0 saturated carbocycles. The normalized spacial score (nSPS) is 15.9. The van der Waals surface area contributed by atoms with Crippen molar-refractivity contribution >= 4 is 29.4 Å². The molecule has 0 bridgehead atoms. The van der Waals surface area contributed by atoms with E-state index in [9.17, 15) is 14.4 Å². The number of amides is 4. The predicted octanol–water partition coefficient (Wildman–Crippen LogP) is 1.97. The molecule has 142 valence electrons. The molecule has 9 heteroatoms. The maximum atomic E-state index is 11.8. The molecule has 2 rings (SSSR count). The molecular formula is C17H24N4O5. The predicted molar refractivity (Wildman–Crippen MR) is 96.3 cm³/mol. The number of rotatable bonds is 8. The number of carboxylic acid groups (broad SMARTS) is 1. The van der Waals surface area contributed by atoms with E-state index in [0.717, 1.165) is 19.4 Å². The van der Waals surface area contributed by atoms with E-state index < -0.39 is 12.0 Å². The summed E-state index contributed by atoms with van der Waals surface area (Å²) >= 11 is 0. The van der Waals surface area contributed by atoms with Crippen LogP contribution in [0.5, 0.6) is 0 Å². The lowest BCUT2D eigenvalue weighted by Crippen LogP contribution is -2.35. The number of hydrogen-bond acceptors (Lipinski definition) is 4. The molecule has 0 spiro atoms. The van der Waals surface area contributed by atoms with Crippen molar-refractivity contribution in [1.82, 2.24) is 10.6 Å². The first-order valence-corrected chi connectivity index (χ1v) is 8.56. The van der Waals surface area contributed by atoms with E-state index >= 15 is 0 Å². The van der Waals surface area contributed by atoms with Crippen LogP contribution >= 0.6 is 0 Å². The lowest BCUT2D eigenvalue weighted by atomic mass is 10.2. The lowest BCUT2D eigenvalue weighted by Gasteiger charge is -2.12. The monoisotopic (exact) mass is 364 g/mol. The molecule has 1 aliphatic heterocycles. The third-order valence-electron chi connectivity index (χ3n) is 3.77. The Morgan fingerprint density at radius 2 is 1.65 bits per heavy atom. The number of nitrogens with one attached hydrogen (secondary N) is 4. The smallest absolute Gasteiger partial charge is 0.319 e. The number of urea groups is 2. The number of carbonyl (C=O) groups excluding carboxylic acids is 2. The van der Waals surface area contributed by atoms with Crippen molar-refractivity contribution in [3.63, 3.8) is 0 Å². The molecule has 4 amide bonds. The summed E-state index contributed by atoms with van der Waals surface area (Å²) in [6, 6.07) is 5.94. The summed E-state index contributed by atoms with van der Waals surface area (Å²) in [5.41, 5.74) is 1.16. The third kappa shape index (κ3) is 7.39. The van der Waals surface area contributed by atoms with Crippen molar-refractivity contribution < 1.29 is 24.2 Å². The summed E-state index contributed by atoms with van der Waals surface area (Å²) in [4.78, 5) is 33.9. The Hall–Kier alpha value is -2.81. The minimum absolute atomic E-state index is 0.00951. The second kappa shape index (κ2) is 10.2. The summed E-state index contributed by atoms with van der Waals surface area (Å²) < 4.78 is 5.44. The van der Waals surface area contributed by atoms with Gasteiger partial charge in [-0.25, -0.2) is 9.59 Å². The van der Waals surface area contributed by atoms with E-state index in [4.69, 9.17) is 9.84 Å². The Labute approximate surface area is 151 Å². The van der Waals surface area contributed by atoms with Crippen molar-refractivity contribution in [1.29, 1.82) is 0 Å². The fourth-order valence-electron chi connectivity index (χ4n) is 2.44. The first kappa shape index (κ1) is 19.5. The Kier molecular flexibility index (Phi) is 7.69.